The first-order chi connectivity index (χ1) is 12.6. The number of ether oxygens (including phenoxy) is 1. The number of rotatable bonds is 5. The van der Waals surface area contributed by atoms with Crippen LogP contribution in [0.5, 0.6) is 5.75 Å². The van der Waals surface area contributed by atoms with Gasteiger partial charge in [0.2, 0.25) is 0 Å². The Morgan fingerprint density at radius 2 is 1.58 bits per heavy atom. The van der Waals surface area contributed by atoms with Crippen LogP contribution in [0.4, 0.5) is 0 Å². The summed E-state index contributed by atoms with van der Waals surface area (Å²) < 4.78 is 5.72. The Morgan fingerprint density at radius 3 is 2.19 bits per heavy atom. The molecule has 3 rings (SSSR count). The van der Waals surface area contributed by atoms with Crippen LogP contribution < -0.4 is 10.1 Å². The number of hydrogen-bond donors (Lipinski definition) is 1. The number of hydrogen-bond acceptors (Lipinski definition) is 3. The second-order valence-corrected chi connectivity index (χ2v) is 6.51. The minimum atomic E-state index is -0.521. The van der Waals surface area contributed by atoms with Gasteiger partial charge in [0, 0.05) is 24.7 Å². The molecule has 0 bridgehead atoms. The van der Waals surface area contributed by atoms with E-state index in [1.807, 2.05) is 53.4 Å². The molecule has 1 atom stereocenters. The van der Waals surface area contributed by atoms with Crippen molar-refractivity contribution >= 4 is 11.8 Å². The smallest absolute Gasteiger partial charge is 0.263 e. The van der Waals surface area contributed by atoms with Crippen molar-refractivity contribution in [3.8, 4) is 5.75 Å². The Bertz CT molecular complexity index is 725. The summed E-state index contributed by atoms with van der Waals surface area (Å²) in [4.78, 5) is 26.6. The van der Waals surface area contributed by atoms with Gasteiger partial charge >= 0.3 is 0 Å². The van der Waals surface area contributed by atoms with Gasteiger partial charge in [-0.05, 0) is 44.0 Å². The Morgan fingerprint density at radius 1 is 1.00 bits per heavy atom. The van der Waals surface area contributed by atoms with Crippen molar-refractivity contribution in [3.05, 3.63) is 66.2 Å². The Kier molecular flexibility index (Phi) is 5.89. The molecule has 0 spiro atoms. The molecule has 0 aliphatic carbocycles. The minimum absolute atomic E-state index is 0.0123. The monoisotopic (exact) mass is 352 g/mol. The fourth-order valence-corrected chi connectivity index (χ4v) is 3.11. The van der Waals surface area contributed by atoms with Crippen LogP contribution in [0.2, 0.25) is 0 Å². The number of para-hydroxylation sites is 1. The van der Waals surface area contributed by atoms with Crippen LogP contribution in [0.25, 0.3) is 0 Å². The molecule has 1 unspecified atom stereocenters. The summed E-state index contributed by atoms with van der Waals surface area (Å²) in [7, 11) is 0. The summed E-state index contributed by atoms with van der Waals surface area (Å²) in [6, 6.07) is 18.7. The quantitative estimate of drug-likeness (QED) is 0.900. The molecule has 2 amide bonds. The van der Waals surface area contributed by atoms with Crippen LogP contribution in [0, 0.1) is 0 Å². The highest BCUT2D eigenvalue weighted by Gasteiger charge is 2.27. The number of likely N-dealkylation sites (tertiary alicyclic amines) is 1. The second kappa shape index (κ2) is 8.52. The van der Waals surface area contributed by atoms with Crippen LogP contribution in [0.1, 0.15) is 30.1 Å². The SMILES string of the molecule is CC(Oc1ccccc1)C(=O)N1CCC(NC(=O)c2ccccc2)CC1. The molecule has 1 aliphatic rings. The predicted molar refractivity (Wildman–Crippen MR) is 100 cm³/mol. The first-order valence-electron chi connectivity index (χ1n) is 9.00. The van der Waals surface area contributed by atoms with Crippen LogP contribution in [-0.2, 0) is 4.79 Å². The van der Waals surface area contributed by atoms with Gasteiger partial charge in [0.05, 0.1) is 0 Å². The van der Waals surface area contributed by atoms with Gasteiger partial charge in [-0.15, -0.1) is 0 Å². The van der Waals surface area contributed by atoms with Gasteiger partial charge < -0.3 is 15.0 Å². The molecule has 1 N–H and O–H groups in total. The van der Waals surface area contributed by atoms with Gasteiger partial charge in [-0.2, -0.15) is 0 Å². The summed E-state index contributed by atoms with van der Waals surface area (Å²) >= 11 is 0. The lowest BCUT2D eigenvalue weighted by atomic mass is 10.0. The Hall–Kier alpha value is -2.82. The summed E-state index contributed by atoms with van der Waals surface area (Å²) in [5, 5.41) is 3.06. The Labute approximate surface area is 154 Å². The van der Waals surface area contributed by atoms with Crippen molar-refractivity contribution in [2.75, 3.05) is 13.1 Å². The fourth-order valence-electron chi connectivity index (χ4n) is 3.11. The maximum atomic E-state index is 12.6. The van der Waals surface area contributed by atoms with Crippen LogP contribution >= 0.6 is 0 Å². The number of benzene rings is 2. The molecule has 2 aromatic rings. The first-order valence-corrected chi connectivity index (χ1v) is 9.00. The second-order valence-electron chi connectivity index (χ2n) is 6.51. The third-order valence-electron chi connectivity index (χ3n) is 4.58. The van der Waals surface area contributed by atoms with Crippen molar-refractivity contribution < 1.29 is 14.3 Å². The molecule has 1 heterocycles. The number of nitrogens with one attached hydrogen (secondary N) is 1. The van der Waals surface area contributed by atoms with Crippen molar-refractivity contribution in [2.45, 2.75) is 31.9 Å². The first kappa shape index (κ1) is 18.0. The lowest BCUT2D eigenvalue weighted by molar-refractivity contribution is -0.139. The fraction of sp³-hybridized carbons (Fsp3) is 0.333. The van der Waals surface area contributed by atoms with E-state index in [-0.39, 0.29) is 17.9 Å². The average Bonchev–Trinajstić information content (AvgIpc) is 2.69. The molecule has 1 saturated heterocycles. The molecule has 5 nitrogen and oxygen atoms in total. The van der Waals surface area contributed by atoms with Crippen LogP contribution in [0.3, 0.4) is 0 Å². The zero-order chi connectivity index (χ0) is 18.4. The molecule has 5 heteroatoms. The van der Waals surface area contributed by atoms with E-state index in [4.69, 9.17) is 4.74 Å². The normalized spacial score (nSPS) is 16.0. The predicted octanol–water partition coefficient (Wildman–Crippen LogP) is 2.87. The lowest BCUT2D eigenvalue weighted by Gasteiger charge is -2.33. The van der Waals surface area contributed by atoms with Crippen LogP contribution in [0.15, 0.2) is 60.7 Å². The standard InChI is InChI=1S/C21H24N2O3/c1-16(26-19-10-6-3-7-11-19)21(25)23-14-12-18(13-15-23)22-20(24)17-8-4-2-5-9-17/h2-11,16,18H,12-15H2,1H3,(H,22,24). The molecule has 0 aromatic heterocycles. The minimum Gasteiger partial charge on any atom is -0.481 e. The molecule has 2 aromatic carbocycles. The largest absolute Gasteiger partial charge is 0.481 e. The van der Waals surface area contributed by atoms with E-state index < -0.39 is 6.10 Å². The summed E-state index contributed by atoms with van der Waals surface area (Å²) in [5.41, 5.74) is 0.663. The maximum absolute atomic E-state index is 12.6. The van der Waals surface area contributed by atoms with Crippen molar-refractivity contribution in [2.24, 2.45) is 0 Å². The van der Waals surface area contributed by atoms with Crippen molar-refractivity contribution in [1.82, 2.24) is 10.2 Å². The highest BCUT2D eigenvalue weighted by Crippen LogP contribution is 2.16. The number of carbonyl (C=O) groups is 2. The van der Waals surface area contributed by atoms with E-state index in [1.165, 1.54) is 0 Å². The summed E-state index contributed by atoms with van der Waals surface area (Å²) in [6.07, 6.45) is 0.984. The number of piperidine rings is 1. The molecule has 26 heavy (non-hydrogen) atoms. The topological polar surface area (TPSA) is 58.6 Å². The van der Waals surface area contributed by atoms with Gasteiger partial charge in [-0.3, -0.25) is 9.59 Å². The molecular formula is C21H24N2O3. The van der Waals surface area contributed by atoms with Gasteiger partial charge in [-0.1, -0.05) is 36.4 Å². The molecule has 1 aliphatic heterocycles. The van der Waals surface area contributed by atoms with Crippen molar-refractivity contribution in [1.29, 1.82) is 0 Å². The molecular weight excluding hydrogens is 328 g/mol. The number of nitrogens with zero attached hydrogens (tertiary/aromatic N) is 1. The highest BCUT2D eigenvalue weighted by molar-refractivity contribution is 5.94. The number of amides is 2. The van der Waals surface area contributed by atoms with Crippen molar-refractivity contribution in [3.63, 3.8) is 0 Å². The lowest BCUT2D eigenvalue weighted by Crippen LogP contribution is -2.49. The summed E-state index contributed by atoms with van der Waals surface area (Å²) in [6.45, 7) is 3.03. The van der Waals surface area contributed by atoms with E-state index in [2.05, 4.69) is 5.32 Å². The third-order valence-corrected chi connectivity index (χ3v) is 4.58. The van der Waals surface area contributed by atoms with E-state index in [0.717, 1.165) is 12.8 Å². The van der Waals surface area contributed by atoms with Gasteiger partial charge in [0.1, 0.15) is 5.75 Å². The summed E-state index contributed by atoms with van der Waals surface area (Å²) in [5.74, 6) is 0.621. The molecule has 0 radical (unpaired) electrons. The van der Waals surface area contributed by atoms with E-state index >= 15 is 0 Å². The Balaban J connectivity index is 1.47. The van der Waals surface area contributed by atoms with Crippen LogP contribution in [-0.4, -0.2) is 41.9 Å². The van der Waals surface area contributed by atoms with E-state index in [1.54, 1.807) is 19.1 Å². The number of carbonyl (C=O) groups excluding carboxylic acids is 2. The highest BCUT2D eigenvalue weighted by atomic mass is 16.5. The zero-order valence-corrected chi connectivity index (χ0v) is 14.9. The van der Waals surface area contributed by atoms with E-state index in [0.29, 0.717) is 24.4 Å². The zero-order valence-electron chi connectivity index (χ0n) is 14.9. The maximum Gasteiger partial charge on any atom is 0.263 e. The average molecular weight is 352 g/mol. The third kappa shape index (κ3) is 4.63. The van der Waals surface area contributed by atoms with Gasteiger partial charge in [0.25, 0.3) is 11.8 Å². The van der Waals surface area contributed by atoms with Gasteiger partial charge in [0.15, 0.2) is 6.10 Å². The molecule has 0 saturated carbocycles. The molecule has 1 fully saturated rings. The van der Waals surface area contributed by atoms with E-state index in [9.17, 15) is 9.59 Å². The van der Waals surface area contributed by atoms with Gasteiger partial charge in [-0.25, -0.2) is 0 Å². The molecule has 136 valence electrons.